The van der Waals surface area contributed by atoms with Crippen molar-refractivity contribution in [2.75, 3.05) is 6.61 Å². The minimum absolute atomic E-state index is 0.00267. The zero-order valence-electron chi connectivity index (χ0n) is 23.1. The lowest BCUT2D eigenvalue weighted by Crippen LogP contribution is -2.48. The molecule has 0 fully saturated rings. The van der Waals surface area contributed by atoms with E-state index >= 15 is 4.39 Å². The maximum atomic E-state index is 15.1. The number of carboxylic acids is 1. The number of halogens is 2. The van der Waals surface area contributed by atoms with Gasteiger partial charge in [-0.3, -0.25) is 10.1 Å². The van der Waals surface area contributed by atoms with Gasteiger partial charge in [0.15, 0.2) is 11.6 Å². The lowest BCUT2D eigenvalue weighted by molar-refractivity contribution is -0.189. The summed E-state index contributed by atoms with van der Waals surface area (Å²) in [5, 5.41) is 22.9. The molecular formula is C27H37FIN3O6Si. The normalized spacial score (nSPS) is 14.0. The van der Waals surface area contributed by atoms with Crippen LogP contribution in [0.25, 0.3) is 11.0 Å². The summed E-state index contributed by atoms with van der Waals surface area (Å²) >= 11 is 2.20. The van der Waals surface area contributed by atoms with Crippen molar-refractivity contribution in [3.8, 4) is 11.5 Å². The van der Waals surface area contributed by atoms with Gasteiger partial charge in [-0.05, 0) is 79.6 Å². The number of aliphatic hydroxyl groups is 1. The Morgan fingerprint density at radius 3 is 2.56 bits per heavy atom. The van der Waals surface area contributed by atoms with E-state index in [1.807, 2.05) is 10.8 Å². The van der Waals surface area contributed by atoms with E-state index in [1.165, 1.54) is 12.1 Å². The minimum atomic E-state index is -1.49. The van der Waals surface area contributed by atoms with E-state index in [4.69, 9.17) is 14.2 Å². The van der Waals surface area contributed by atoms with Crippen LogP contribution >= 0.6 is 22.6 Å². The number of aliphatic carboxylic acids is 1. The molecule has 3 aromatic rings. The molecule has 0 bridgehead atoms. The number of carboxylic acid groups (broad SMARTS) is 1. The molecule has 0 radical (unpaired) electrons. The highest BCUT2D eigenvalue weighted by molar-refractivity contribution is 14.1. The Bertz CT molecular complexity index is 1290. The Balaban J connectivity index is 1.73. The topological polar surface area (TPSA) is 115 Å². The van der Waals surface area contributed by atoms with E-state index in [2.05, 4.69) is 52.5 Å². The van der Waals surface area contributed by atoms with Gasteiger partial charge in [0, 0.05) is 30.6 Å². The van der Waals surface area contributed by atoms with Gasteiger partial charge in [-0.15, -0.1) is 0 Å². The van der Waals surface area contributed by atoms with Crippen molar-refractivity contribution >= 4 is 47.7 Å². The molecule has 3 N–H and O–H groups in total. The molecule has 2 atom stereocenters. The van der Waals surface area contributed by atoms with Gasteiger partial charge in [-0.1, -0.05) is 25.7 Å². The molecule has 0 saturated carbocycles. The second kappa shape index (κ2) is 13.0. The summed E-state index contributed by atoms with van der Waals surface area (Å²) in [7, 11) is -1.19. The van der Waals surface area contributed by atoms with E-state index < -0.39 is 37.9 Å². The minimum Gasteiger partial charge on any atom is -0.480 e. The molecule has 2 heterocycles. The fraction of sp³-hybridized carbons (Fsp3) is 0.481. The Hall–Kier alpha value is -2.10. The van der Waals surface area contributed by atoms with Gasteiger partial charge in [0.25, 0.3) is 0 Å². The number of nitrogens with one attached hydrogen (secondary N) is 1. The van der Waals surface area contributed by atoms with E-state index in [0.29, 0.717) is 30.3 Å². The van der Waals surface area contributed by atoms with Crippen LogP contribution in [-0.4, -0.2) is 58.5 Å². The fourth-order valence-corrected chi connectivity index (χ4v) is 5.33. The standard InChI is InChI=1S/C27H37FIN3O6Si/c1-27(2,3)38-26(35)31-20(25(33)34)14-17-7-8-21(18(28)13-17)37-22-9-10-30-24-23(22)19(29)15-32(24)16-36-11-12-39(4,5)6/h7-10,13,15,20,26,31,35H,11-12,14,16H2,1-6H3,(H,33,34)/t20-,26?/m0/s1. The number of carbonyl (C=O) groups is 1. The van der Waals surface area contributed by atoms with E-state index in [9.17, 15) is 15.0 Å². The number of aromatic nitrogens is 2. The molecule has 39 heavy (non-hydrogen) atoms. The predicted molar refractivity (Wildman–Crippen MR) is 158 cm³/mol. The molecule has 0 amide bonds. The number of hydrogen-bond donors (Lipinski definition) is 3. The lowest BCUT2D eigenvalue weighted by Gasteiger charge is -2.26. The highest BCUT2D eigenvalue weighted by Crippen LogP contribution is 2.34. The third kappa shape index (κ3) is 9.50. The summed E-state index contributed by atoms with van der Waals surface area (Å²) < 4.78 is 35.0. The van der Waals surface area contributed by atoms with Crippen LogP contribution in [0.5, 0.6) is 11.5 Å². The molecular weight excluding hydrogens is 636 g/mol. The van der Waals surface area contributed by atoms with Gasteiger partial charge >= 0.3 is 5.97 Å². The molecule has 214 valence electrons. The number of pyridine rings is 1. The molecule has 0 aliphatic heterocycles. The van der Waals surface area contributed by atoms with Gasteiger partial charge in [0.2, 0.25) is 6.41 Å². The van der Waals surface area contributed by atoms with E-state index in [1.54, 1.807) is 39.1 Å². The number of fused-ring (bicyclic) bond motifs is 1. The van der Waals surface area contributed by atoms with Crippen molar-refractivity contribution in [1.82, 2.24) is 14.9 Å². The first-order valence-corrected chi connectivity index (χ1v) is 17.4. The maximum absolute atomic E-state index is 15.1. The maximum Gasteiger partial charge on any atom is 0.321 e. The number of nitrogens with zero attached hydrogens (tertiary/aromatic N) is 2. The average Bonchev–Trinajstić information content (AvgIpc) is 3.12. The molecule has 3 rings (SSSR count). The molecule has 0 saturated heterocycles. The summed E-state index contributed by atoms with van der Waals surface area (Å²) in [6.07, 6.45) is 1.96. The van der Waals surface area contributed by atoms with Crippen molar-refractivity contribution in [2.45, 2.75) is 77.7 Å². The van der Waals surface area contributed by atoms with Crippen LogP contribution in [0, 0.1) is 9.39 Å². The summed E-state index contributed by atoms with van der Waals surface area (Å²) in [5.74, 6) is -1.39. The van der Waals surface area contributed by atoms with Crippen LogP contribution in [0.1, 0.15) is 26.3 Å². The first-order chi connectivity index (χ1) is 18.1. The zero-order chi connectivity index (χ0) is 29.0. The fourth-order valence-electron chi connectivity index (χ4n) is 3.73. The number of aliphatic hydroxyl groups excluding tert-OH is 1. The Labute approximate surface area is 242 Å². The molecule has 0 aliphatic rings. The van der Waals surface area contributed by atoms with E-state index in [0.717, 1.165) is 15.0 Å². The van der Waals surface area contributed by atoms with Crippen LogP contribution in [0.3, 0.4) is 0 Å². The van der Waals surface area contributed by atoms with Crippen molar-refractivity contribution in [3.05, 3.63) is 51.6 Å². The highest BCUT2D eigenvalue weighted by Gasteiger charge is 2.25. The van der Waals surface area contributed by atoms with Crippen molar-refractivity contribution in [3.63, 3.8) is 0 Å². The molecule has 9 nitrogen and oxygen atoms in total. The largest absolute Gasteiger partial charge is 0.480 e. The lowest BCUT2D eigenvalue weighted by atomic mass is 10.1. The molecule has 12 heteroatoms. The Morgan fingerprint density at radius 2 is 1.95 bits per heavy atom. The van der Waals surface area contributed by atoms with Gasteiger partial charge < -0.3 is 29.0 Å². The van der Waals surface area contributed by atoms with Crippen molar-refractivity contribution in [1.29, 1.82) is 0 Å². The number of hydrogen-bond acceptors (Lipinski definition) is 7. The van der Waals surface area contributed by atoms with Gasteiger partial charge in [0.1, 0.15) is 24.2 Å². The Morgan fingerprint density at radius 1 is 1.23 bits per heavy atom. The number of benzene rings is 1. The number of ether oxygens (including phenoxy) is 3. The number of rotatable bonds is 13. The summed E-state index contributed by atoms with van der Waals surface area (Å²) in [6.45, 7) is 13.1. The SMILES string of the molecule is CC(C)(C)OC(O)N[C@@H](Cc1ccc(Oc2ccnc3c2c(I)cn3COCC[Si](C)(C)C)c(F)c1)C(=O)O. The van der Waals surface area contributed by atoms with Crippen LogP contribution in [0.4, 0.5) is 4.39 Å². The third-order valence-electron chi connectivity index (χ3n) is 5.66. The van der Waals surface area contributed by atoms with Crippen LogP contribution in [0.2, 0.25) is 25.7 Å². The smallest absolute Gasteiger partial charge is 0.321 e. The first-order valence-electron chi connectivity index (χ1n) is 12.6. The highest BCUT2D eigenvalue weighted by atomic mass is 127. The molecule has 0 aliphatic carbocycles. The van der Waals surface area contributed by atoms with Crippen molar-refractivity contribution in [2.24, 2.45) is 0 Å². The van der Waals surface area contributed by atoms with Gasteiger partial charge in [-0.2, -0.15) is 0 Å². The van der Waals surface area contributed by atoms with Crippen LogP contribution in [0.15, 0.2) is 36.7 Å². The second-order valence-electron chi connectivity index (χ2n) is 11.5. The third-order valence-corrected chi connectivity index (χ3v) is 8.18. The van der Waals surface area contributed by atoms with Gasteiger partial charge in [-0.25, -0.2) is 9.37 Å². The second-order valence-corrected chi connectivity index (χ2v) is 18.3. The molecule has 0 spiro atoms. The summed E-state index contributed by atoms with van der Waals surface area (Å²) in [6, 6.07) is 5.83. The molecule has 2 aromatic heterocycles. The van der Waals surface area contributed by atoms with Gasteiger partial charge in [0.05, 0.1) is 11.0 Å². The monoisotopic (exact) mass is 673 g/mol. The molecule has 1 unspecified atom stereocenters. The van der Waals surface area contributed by atoms with E-state index in [-0.39, 0.29) is 12.2 Å². The quantitative estimate of drug-likeness (QED) is 0.0936. The summed E-state index contributed by atoms with van der Waals surface area (Å²) in [5.41, 5.74) is 0.408. The zero-order valence-corrected chi connectivity index (χ0v) is 26.3. The Kier molecular flexibility index (Phi) is 10.5. The average molecular weight is 674 g/mol. The summed E-state index contributed by atoms with van der Waals surface area (Å²) in [4.78, 5) is 16.2. The molecule has 1 aromatic carbocycles. The van der Waals surface area contributed by atoms with Crippen LogP contribution < -0.4 is 10.1 Å². The first kappa shape index (κ1) is 31.4. The predicted octanol–water partition coefficient (Wildman–Crippen LogP) is 5.56. The van der Waals surface area contributed by atoms with Crippen LogP contribution in [-0.2, 0) is 27.4 Å². The van der Waals surface area contributed by atoms with Crippen molar-refractivity contribution < 1.29 is 33.6 Å².